The average Bonchev–Trinajstić information content (AvgIpc) is 3.12. The SMILES string of the molecule is CC(NC(=O)CCCNC(=O)c1ccco1)C12CC3CC(CC(C3)C1)C2. The minimum absolute atomic E-state index is 0.112. The fourth-order valence-electron chi connectivity index (χ4n) is 6.12. The number of carbonyl (C=O) groups excluding carboxylic acids is 2. The maximum atomic E-state index is 12.4. The van der Waals surface area contributed by atoms with Crippen molar-refractivity contribution in [2.45, 2.75) is 64.3 Å². The van der Waals surface area contributed by atoms with E-state index in [2.05, 4.69) is 17.6 Å². The monoisotopic (exact) mass is 358 g/mol. The molecule has 26 heavy (non-hydrogen) atoms. The predicted octanol–water partition coefficient (Wildman–Crippen LogP) is 3.51. The molecule has 1 atom stereocenters. The topological polar surface area (TPSA) is 71.3 Å². The molecule has 1 heterocycles. The molecule has 0 radical (unpaired) electrons. The zero-order chi connectivity index (χ0) is 18.1. The summed E-state index contributed by atoms with van der Waals surface area (Å²) in [7, 11) is 0. The Morgan fingerprint density at radius 3 is 2.42 bits per heavy atom. The van der Waals surface area contributed by atoms with Gasteiger partial charge in [0.2, 0.25) is 5.91 Å². The van der Waals surface area contributed by atoms with Gasteiger partial charge in [0, 0.05) is 19.0 Å². The van der Waals surface area contributed by atoms with Crippen LogP contribution in [0.1, 0.15) is 68.8 Å². The molecule has 1 aromatic heterocycles. The molecule has 5 nitrogen and oxygen atoms in total. The quantitative estimate of drug-likeness (QED) is 0.733. The van der Waals surface area contributed by atoms with Crippen LogP contribution in [0.15, 0.2) is 22.8 Å². The number of amides is 2. The average molecular weight is 358 g/mol. The summed E-state index contributed by atoms with van der Waals surface area (Å²) in [4.78, 5) is 24.2. The summed E-state index contributed by atoms with van der Waals surface area (Å²) in [6.07, 6.45) is 10.8. The molecule has 0 saturated heterocycles. The van der Waals surface area contributed by atoms with Gasteiger partial charge in [-0.25, -0.2) is 0 Å². The molecular formula is C21H30N2O3. The first-order chi connectivity index (χ1) is 12.5. The van der Waals surface area contributed by atoms with Gasteiger partial charge in [0.1, 0.15) is 0 Å². The van der Waals surface area contributed by atoms with Gasteiger partial charge < -0.3 is 15.1 Å². The van der Waals surface area contributed by atoms with Gasteiger partial charge in [-0.1, -0.05) is 0 Å². The summed E-state index contributed by atoms with van der Waals surface area (Å²) in [5.41, 5.74) is 0.345. The fourth-order valence-corrected chi connectivity index (χ4v) is 6.12. The Morgan fingerprint density at radius 2 is 1.85 bits per heavy atom. The van der Waals surface area contributed by atoms with Crippen LogP contribution < -0.4 is 10.6 Å². The van der Waals surface area contributed by atoms with Gasteiger partial charge in [-0.3, -0.25) is 9.59 Å². The van der Waals surface area contributed by atoms with E-state index in [1.165, 1.54) is 44.8 Å². The smallest absolute Gasteiger partial charge is 0.286 e. The minimum atomic E-state index is -0.225. The van der Waals surface area contributed by atoms with Crippen LogP contribution in [0.25, 0.3) is 0 Å². The molecule has 0 aromatic carbocycles. The molecule has 5 rings (SSSR count). The molecule has 1 unspecified atom stereocenters. The van der Waals surface area contributed by atoms with E-state index in [1.54, 1.807) is 12.1 Å². The molecule has 2 amide bonds. The van der Waals surface area contributed by atoms with E-state index in [0.29, 0.717) is 30.6 Å². The molecule has 0 aliphatic heterocycles. The Morgan fingerprint density at radius 1 is 1.19 bits per heavy atom. The lowest BCUT2D eigenvalue weighted by Gasteiger charge is -2.59. The van der Waals surface area contributed by atoms with Crippen LogP contribution in [0.2, 0.25) is 0 Å². The highest BCUT2D eigenvalue weighted by atomic mass is 16.3. The highest BCUT2D eigenvalue weighted by Crippen LogP contribution is 2.61. The van der Waals surface area contributed by atoms with Crippen molar-refractivity contribution >= 4 is 11.8 Å². The summed E-state index contributed by atoms with van der Waals surface area (Å²) >= 11 is 0. The third-order valence-corrected chi connectivity index (χ3v) is 6.99. The van der Waals surface area contributed by atoms with E-state index < -0.39 is 0 Å². The first-order valence-electron chi connectivity index (χ1n) is 10.2. The molecular weight excluding hydrogens is 328 g/mol. The summed E-state index contributed by atoms with van der Waals surface area (Å²) < 4.78 is 5.05. The van der Waals surface area contributed by atoms with Crippen LogP contribution in [0, 0.1) is 23.2 Å². The highest BCUT2D eigenvalue weighted by molar-refractivity contribution is 5.91. The van der Waals surface area contributed by atoms with Crippen molar-refractivity contribution in [2.24, 2.45) is 23.2 Å². The van der Waals surface area contributed by atoms with E-state index in [4.69, 9.17) is 4.42 Å². The zero-order valence-corrected chi connectivity index (χ0v) is 15.6. The van der Waals surface area contributed by atoms with Gasteiger partial charge in [0.15, 0.2) is 5.76 Å². The molecule has 4 aliphatic carbocycles. The minimum Gasteiger partial charge on any atom is -0.459 e. The second-order valence-corrected chi connectivity index (χ2v) is 8.91. The molecule has 0 spiro atoms. The maximum Gasteiger partial charge on any atom is 0.286 e. The van der Waals surface area contributed by atoms with Gasteiger partial charge in [0.05, 0.1) is 6.26 Å². The van der Waals surface area contributed by atoms with Gasteiger partial charge in [-0.15, -0.1) is 0 Å². The third kappa shape index (κ3) is 3.53. The van der Waals surface area contributed by atoms with Crippen LogP contribution in [-0.2, 0) is 4.79 Å². The van der Waals surface area contributed by atoms with E-state index >= 15 is 0 Å². The van der Waals surface area contributed by atoms with Crippen LogP contribution >= 0.6 is 0 Å². The molecule has 1 aromatic rings. The van der Waals surface area contributed by atoms with Crippen LogP contribution in [-0.4, -0.2) is 24.4 Å². The van der Waals surface area contributed by atoms with E-state index in [0.717, 1.165) is 17.8 Å². The van der Waals surface area contributed by atoms with Crippen LogP contribution in [0.4, 0.5) is 0 Å². The first kappa shape index (κ1) is 17.6. The van der Waals surface area contributed by atoms with E-state index in [9.17, 15) is 9.59 Å². The van der Waals surface area contributed by atoms with Crippen molar-refractivity contribution in [3.05, 3.63) is 24.2 Å². The number of rotatable bonds is 7. The van der Waals surface area contributed by atoms with Gasteiger partial charge >= 0.3 is 0 Å². The predicted molar refractivity (Wildman–Crippen MR) is 98.5 cm³/mol. The standard InChI is InChI=1S/C21H30N2O3/c1-14(21-11-15-8-16(12-21)10-17(9-15)13-21)23-19(24)5-2-6-22-20(25)18-4-3-7-26-18/h3-4,7,14-17H,2,5-6,8-13H2,1H3,(H,22,25)(H,23,24). The van der Waals surface area contributed by atoms with Gasteiger partial charge in [-0.2, -0.15) is 0 Å². The molecule has 4 bridgehead atoms. The first-order valence-corrected chi connectivity index (χ1v) is 10.2. The van der Waals surface area contributed by atoms with Crippen molar-refractivity contribution in [2.75, 3.05) is 6.54 Å². The van der Waals surface area contributed by atoms with Crippen molar-refractivity contribution in [1.82, 2.24) is 10.6 Å². The fraction of sp³-hybridized carbons (Fsp3) is 0.714. The molecule has 4 fully saturated rings. The Hall–Kier alpha value is -1.78. The van der Waals surface area contributed by atoms with Crippen LogP contribution in [0.5, 0.6) is 0 Å². The summed E-state index contributed by atoms with van der Waals surface area (Å²) in [5, 5.41) is 6.07. The number of hydrogen-bond acceptors (Lipinski definition) is 3. The summed E-state index contributed by atoms with van der Waals surface area (Å²) in [6.45, 7) is 2.70. The Bertz CT molecular complexity index is 617. The molecule has 5 heteroatoms. The van der Waals surface area contributed by atoms with Gasteiger partial charge in [-0.05, 0) is 87.2 Å². The van der Waals surface area contributed by atoms with Crippen molar-refractivity contribution in [3.63, 3.8) is 0 Å². The summed E-state index contributed by atoms with van der Waals surface area (Å²) in [6, 6.07) is 3.59. The normalized spacial score (nSPS) is 33.0. The number of carbonyl (C=O) groups is 2. The van der Waals surface area contributed by atoms with E-state index in [1.807, 2.05) is 0 Å². The Labute approximate surface area is 155 Å². The lowest BCUT2D eigenvalue weighted by atomic mass is 9.48. The Kier molecular flexibility index (Phi) is 4.80. The lowest BCUT2D eigenvalue weighted by molar-refractivity contribution is -0.126. The van der Waals surface area contributed by atoms with E-state index in [-0.39, 0.29) is 17.9 Å². The maximum absolute atomic E-state index is 12.4. The second-order valence-electron chi connectivity index (χ2n) is 8.91. The number of nitrogens with one attached hydrogen (secondary N) is 2. The molecule has 2 N–H and O–H groups in total. The van der Waals surface area contributed by atoms with Crippen molar-refractivity contribution < 1.29 is 14.0 Å². The molecule has 142 valence electrons. The Balaban J connectivity index is 1.20. The largest absolute Gasteiger partial charge is 0.459 e. The highest BCUT2D eigenvalue weighted by Gasteiger charge is 2.53. The lowest BCUT2D eigenvalue weighted by Crippen LogP contribution is -2.55. The molecule has 4 saturated carbocycles. The van der Waals surface area contributed by atoms with Crippen molar-refractivity contribution in [3.8, 4) is 0 Å². The number of furan rings is 1. The zero-order valence-electron chi connectivity index (χ0n) is 15.6. The van der Waals surface area contributed by atoms with Crippen molar-refractivity contribution in [1.29, 1.82) is 0 Å². The third-order valence-electron chi connectivity index (χ3n) is 6.99. The van der Waals surface area contributed by atoms with Gasteiger partial charge in [0.25, 0.3) is 5.91 Å². The second kappa shape index (κ2) is 7.09. The molecule has 4 aliphatic rings. The van der Waals surface area contributed by atoms with Crippen LogP contribution in [0.3, 0.4) is 0 Å². The number of hydrogen-bond donors (Lipinski definition) is 2. The summed E-state index contributed by atoms with van der Waals surface area (Å²) in [5.74, 6) is 2.90.